The normalized spacial score (nSPS) is 12.2. The van der Waals surface area contributed by atoms with Gasteiger partial charge in [-0.25, -0.2) is 0 Å². The van der Waals surface area contributed by atoms with E-state index in [9.17, 15) is 5.26 Å². The highest BCUT2D eigenvalue weighted by atomic mass is 35.5. The second-order valence-electron chi connectivity index (χ2n) is 4.98. The quantitative estimate of drug-likeness (QED) is 0.769. The van der Waals surface area contributed by atoms with Gasteiger partial charge in [-0.2, -0.15) is 5.26 Å². The Bertz CT molecular complexity index is 596. The van der Waals surface area contributed by atoms with E-state index in [1.807, 2.05) is 30.3 Å². The molecule has 1 atom stereocenters. The molecule has 0 saturated carbocycles. The third kappa shape index (κ3) is 2.97. The SMILES string of the molecule is CC(C)C(c1ccccc1)c1ccc(Cl)cc1C#N. The van der Waals surface area contributed by atoms with Crippen LogP contribution in [-0.4, -0.2) is 0 Å². The lowest BCUT2D eigenvalue weighted by Gasteiger charge is -2.23. The van der Waals surface area contributed by atoms with Crippen molar-refractivity contribution in [2.45, 2.75) is 19.8 Å². The molecular weight excluding hydrogens is 254 g/mol. The molecule has 2 heteroatoms. The number of hydrogen-bond acceptors (Lipinski definition) is 1. The average Bonchev–Trinajstić information content (AvgIpc) is 2.41. The fourth-order valence-electron chi connectivity index (χ4n) is 2.48. The minimum atomic E-state index is 0.216. The van der Waals surface area contributed by atoms with Crippen molar-refractivity contribution < 1.29 is 0 Å². The lowest BCUT2D eigenvalue weighted by Crippen LogP contribution is -2.10. The van der Waals surface area contributed by atoms with E-state index in [0.29, 0.717) is 16.5 Å². The van der Waals surface area contributed by atoms with Crippen LogP contribution in [-0.2, 0) is 0 Å². The van der Waals surface area contributed by atoms with Gasteiger partial charge < -0.3 is 0 Å². The molecule has 2 rings (SSSR count). The molecule has 2 aromatic rings. The van der Waals surface area contributed by atoms with Gasteiger partial charge in [0, 0.05) is 10.9 Å². The van der Waals surface area contributed by atoms with Crippen molar-refractivity contribution in [3.63, 3.8) is 0 Å². The summed E-state index contributed by atoms with van der Waals surface area (Å²) in [6.07, 6.45) is 0. The van der Waals surface area contributed by atoms with Crippen LogP contribution in [0.1, 0.15) is 36.5 Å². The lowest BCUT2D eigenvalue weighted by molar-refractivity contribution is 0.563. The summed E-state index contributed by atoms with van der Waals surface area (Å²) >= 11 is 5.97. The molecule has 0 aliphatic rings. The van der Waals surface area contributed by atoms with Crippen LogP contribution in [0.3, 0.4) is 0 Å². The maximum atomic E-state index is 9.31. The van der Waals surface area contributed by atoms with Gasteiger partial charge in [-0.3, -0.25) is 0 Å². The largest absolute Gasteiger partial charge is 0.192 e. The number of nitrogens with zero attached hydrogens (tertiary/aromatic N) is 1. The molecule has 0 amide bonds. The Morgan fingerprint density at radius 1 is 1.05 bits per heavy atom. The van der Waals surface area contributed by atoms with E-state index in [-0.39, 0.29) is 5.92 Å². The van der Waals surface area contributed by atoms with E-state index in [4.69, 9.17) is 11.6 Å². The molecule has 0 aliphatic carbocycles. The van der Waals surface area contributed by atoms with Crippen molar-refractivity contribution in [3.8, 4) is 6.07 Å². The summed E-state index contributed by atoms with van der Waals surface area (Å²) in [7, 11) is 0. The van der Waals surface area contributed by atoms with Gasteiger partial charge in [0.15, 0.2) is 0 Å². The Morgan fingerprint density at radius 2 is 1.74 bits per heavy atom. The maximum Gasteiger partial charge on any atom is 0.0995 e. The zero-order valence-corrected chi connectivity index (χ0v) is 11.9. The molecule has 1 unspecified atom stereocenters. The average molecular weight is 270 g/mol. The van der Waals surface area contributed by atoms with E-state index in [2.05, 4.69) is 32.0 Å². The Balaban J connectivity index is 2.56. The third-order valence-corrected chi connectivity index (χ3v) is 3.53. The van der Waals surface area contributed by atoms with Crippen LogP contribution >= 0.6 is 11.6 Å². The molecule has 0 heterocycles. The molecule has 0 radical (unpaired) electrons. The lowest BCUT2D eigenvalue weighted by atomic mass is 9.81. The second kappa shape index (κ2) is 5.91. The first-order valence-corrected chi connectivity index (χ1v) is 6.75. The van der Waals surface area contributed by atoms with E-state index in [0.717, 1.165) is 5.56 Å². The van der Waals surface area contributed by atoms with Gasteiger partial charge in [0.1, 0.15) is 0 Å². The molecule has 19 heavy (non-hydrogen) atoms. The molecule has 2 aromatic carbocycles. The molecule has 1 nitrogen and oxygen atoms in total. The molecule has 0 bridgehead atoms. The van der Waals surface area contributed by atoms with Crippen LogP contribution in [0.5, 0.6) is 0 Å². The van der Waals surface area contributed by atoms with Gasteiger partial charge in [0.25, 0.3) is 0 Å². The molecule has 0 saturated heterocycles. The minimum Gasteiger partial charge on any atom is -0.192 e. The fraction of sp³-hybridized carbons (Fsp3) is 0.235. The predicted octanol–water partition coefficient (Wildman–Crippen LogP) is 5.00. The van der Waals surface area contributed by atoms with Gasteiger partial charge in [-0.05, 0) is 29.2 Å². The van der Waals surface area contributed by atoms with Gasteiger partial charge in [0.05, 0.1) is 11.6 Å². The monoisotopic (exact) mass is 269 g/mol. The van der Waals surface area contributed by atoms with Gasteiger partial charge in [0.2, 0.25) is 0 Å². The maximum absolute atomic E-state index is 9.31. The molecule has 0 aliphatic heterocycles. The highest BCUT2D eigenvalue weighted by molar-refractivity contribution is 6.30. The van der Waals surface area contributed by atoms with Crippen molar-refractivity contribution in [1.82, 2.24) is 0 Å². The fourth-order valence-corrected chi connectivity index (χ4v) is 2.65. The number of nitriles is 1. The van der Waals surface area contributed by atoms with Gasteiger partial charge in [-0.1, -0.05) is 61.8 Å². The first kappa shape index (κ1) is 13.6. The molecular formula is C17H16ClN. The topological polar surface area (TPSA) is 23.8 Å². The second-order valence-corrected chi connectivity index (χ2v) is 5.41. The third-order valence-electron chi connectivity index (χ3n) is 3.30. The van der Waals surface area contributed by atoms with Crippen molar-refractivity contribution in [2.75, 3.05) is 0 Å². The van der Waals surface area contributed by atoms with Crippen LogP contribution in [0.25, 0.3) is 0 Å². The van der Waals surface area contributed by atoms with Gasteiger partial charge >= 0.3 is 0 Å². The molecule has 96 valence electrons. The van der Waals surface area contributed by atoms with Crippen molar-refractivity contribution in [2.24, 2.45) is 5.92 Å². The number of halogens is 1. The highest BCUT2D eigenvalue weighted by Gasteiger charge is 2.21. The molecule has 0 fully saturated rings. The molecule has 0 aromatic heterocycles. The summed E-state index contributed by atoms with van der Waals surface area (Å²) in [6.45, 7) is 4.35. The zero-order chi connectivity index (χ0) is 13.8. The first-order valence-electron chi connectivity index (χ1n) is 6.38. The van der Waals surface area contributed by atoms with Gasteiger partial charge in [-0.15, -0.1) is 0 Å². The van der Waals surface area contributed by atoms with Crippen LogP contribution in [0, 0.1) is 17.2 Å². The van der Waals surface area contributed by atoms with Crippen LogP contribution in [0.15, 0.2) is 48.5 Å². The smallest absolute Gasteiger partial charge is 0.0995 e. The van der Waals surface area contributed by atoms with Crippen molar-refractivity contribution in [1.29, 1.82) is 5.26 Å². The van der Waals surface area contributed by atoms with E-state index >= 15 is 0 Å². The van der Waals surface area contributed by atoms with E-state index in [1.165, 1.54) is 5.56 Å². The molecule has 0 N–H and O–H groups in total. The summed E-state index contributed by atoms with van der Waals surface area (Å²) in [6, 6.07) is 18.1. The summed E-state index contributed by atoms with van der Waals surface area (Å²) in [5.41, 5.74) is 2.94. The van der Waals surface area contributed by atoms with Crippen LogP contribution in [0.2, 0.25) is 5.02 Å². The van der Waals surface area contributed by atoms with Crippen molar-refractivity contribution >= 4 is 11.6 Å². The zero-order valence-electron chi connectivity index (χ0n) is 11.1. The summed E-state index contributed by atoms with van der Waals surface area (Å²) < 4.78 is 0. The molecule has 0 spiro atoms. The Kier molecular flexibility index (Phi) is 4.24. The van der Waals surface area contributed by atoms with Crippen LogP contribution < -0.4 is 0 Å². The summed E-state index contributed by atoms with van der Waals surface area (Å²) in [5, 5.41) is 9.92. The highest BCUT2D eigenvalue weighted by Crippen LogP contribution is 2.34. The minimum absolute atomic E-state index is 0.216. The number of hydrogen-bond donors (Lipinski definition) is 0. The Labute approximate surface area is 119 Å². The predicted molar refractivity (Wildman–Crippen MR) is 79.3 cm³/mol. The van der Waals surface area contributed by atoms with E-state index < -0.39 is 0 Å². The Hall–Kier alpha value is -1.78. The standard InChI is InChI=1S/C17H16ClN/c1-12(2)17(13-6-4-3-5-7-13)16-9-8-15(18)10-14(16)11-19/h3-10,12,17H,1-2H3. The Morgan fingerprint density at radius 3 is 2.32 bits per heavy atom. The van der Waals surface area contributed by atoms with Crippen molar-refractivity contribution in [3.05, 3.63) is 70.2 Å². The number of rotatable bonds is 3. The summed E-state index contributed by atoms with van der Waals surface area (Å²) in [5.74, 6) is 0.629. The van der Waals surface area contributed by atoms with E-state index in [1.54, 1.807) is 6.07 Å². The summed E-state index contributed by atoms with van der Waals surface area (Å²) in [4.78, 5) is 0. The number of benzene rings is 2. The van der Waals surface area contributed by atoms with Crippen LogP contribution in [0.4, 0.5) is 0 Å². The first-order chi connectivity index (χ1) is 9.13.